The first-order valence-corrected chi connectivity index (χ1v) is 6.35. The second-order valence-electron chi connectivity index (χ2n) is 3.63. The molecule has 2 aromatic rings. The third-order valence-electron chi connectivity index (χ3n) is 2.34. The molecule has 0 saturated carbocycles. The van der Waals surface area contributed by atoms with Crippen LogP contribution in [0.2, 0.25) is 0 Å². The van der Waals surface area contributed by atoms with E-state index in [0.717, 1.165) is 24.0 Å². The number of ether oxygens (including phenoxy) is 1. The Morgan fingerprint density at radius 2 is 2.39 bits per heavy atom. The van der Waals surface area contributed by atoms with Crippen LogP contribution >= 0.6 is 15.9 Å². The van der Waals surface area contributed by atoms with Crippen LogP contribution in [0.1, 0.15) is 6.42 Å². The second-order valence-corrected chi connectivity index (χ2v) is 4.49. The standard InChI is InChI=1S/C11H14BrN5O/c1-18-10-9(12)7-15-11(16-10)14-3-2-5-17-6-4-13-8-17/h4,6-8H,2-3,5H2,1H3,(H,14,15,16). The van der Waals surface area contributed by atoms with Gasteiger partial charge in [-0.25, -0.2) is 9.97 Å². The molecule has 0 aliphatic carbocycles. The van der Waals surface area contributed by atoms with Gasteiger partial charge in [0.2, 0.25) is 11.8 Å². The van der Waals surface area contributed by atoms with E-state index >= 15 is 0 Å². The Morgan fingerprint density at radius 3 is 3.11 bits per heavy atom. The van der Waals surface area contributed by atoms with Crippen molar-refractivity contribution in [3.8, 4) is 5.88 Å². The predicted molar refractivity (Wildman–Crippen MR) is 71.6 cm³/mol. The molecule has 2 rings (SSSR count). The van der Waals surface area contributed by atoms with Crippen molar-refractivity contribution in [1.82, 2.24) is 19.5 Å². The molecule has 6 nitrogen and oxygen atoms in total. The molecular weight excluding hydrogens is 298 g/mol. The first-order valence-electron chi connectivity index (χ1n) is 5.55. The molecule has 0 atom stereocenters. The number of aromatic nitrogens is 4. The fraction of sp³-hybridized carbons (Fsp3) is 0.364. The van der Waals surface area contributed by atoms with Crippen molar-refractivity contribution in [2.75, 3.05) is 19.0 Å². The number of imidazole rings is 1. The van der Waals surface area contributed by atoms with Gasteiger partial charge < -0.3 is 14.6 Å². The van der Waals surface area contributed by atoms with Crippen molar-refractivity contribution in [3.63, 3.8) is 0 Å². The molecule has 18 heavy (non-hydrogen) atoms. The lowest BCUT2D eigenvalue weighted by molar-refractivity contribution is 0.394. The molecule has 0 amide bonds. The van der Waals surface area contributed by atoms with Gasteiger partial charge in [-0.3, -0.25) is 0 Å². The summed E-state index contributed by atoms with van der Waals surface area (Å²) in [5.74, 6) is 1.10. The molecule has 2 heterocycles. The minimum atomic E-state index is 0.530. The van der Waals surface area contributed by atoms with Gasteiger partial charge >= 0.3 is 0 Å². The highest BCUT2D eigenvalue weighted by Crippen LogP contribution is 2.21. The van der Waals surface area contributed by atoms with Gasteiger partial charge in [0.15, 0.2) is 0 Å². The van der Waals surface area contributed by atoms with Crippen LogP contribution in [0.25, 0.3) is 0 Å². The summed E-state index contributed by atoms with van der Waals surface area (Å²) >= 11 is 3.31. The molecular formula is C11H14BrN5O. The van der Waals surface area contributed by atoms with Gasteiger partial charge in [-0.2, -0.15) is 4.98 Å². The molecule has 0 aliphatic rings. The lowest BCUT2D eigenvalue weighted by Crippen LogP contribution is -2.08. The molecule has 96 valence electrons. The molecule has 1 N–H and O–H groups in total. The van der Waals surface area contributed by atoms with E-state index < -0.39 is 0 Å². The Hall–Kier alpha value is -1.63. The maximum absolute atomic E-state index is 5.10. The van der Waals surface area contributed by atoms with E-state index in [9.17, 15) is 0 Å². The number of hydrogen-bond acceptors (Lipinski definition) is 5. The Morgan fingerprint density at radius 1 is 1.50 bits per heavy atom. The first kappa shape index (κ1) is 12.8. The Labute approximate surface area is 114 Å². The van der Waals surface area contributed by atoms with Gasteiger partial charge in [0.1, 0.15) is 0 Å². The minimum Gasteiger partial charge on any atom is -0.480 e. The molecule has 0 aromatic carbocycles. The quantitative estimate of drug-likeness (QED) is 0.826. The number of nitrogens with one attached hydrogen (secondary N) is 1. The fourth-order valence-corrected chi connectivity index (χ4v) is 1.81. The maximum atomic E-state index is 5.10. The SMILES string of the molecule is COc1nc(NCCCn2ccnc2)ncc1Br. The van der Waals surface area contributed by atoms with E-state index in [2.05, 4.69) is 36.2 Å². The number of rotatable bonds is 6. The van der Waals surface area contributed by atoms with Crippen LogP contribution in [0.5, 0.6) is 5.88 Å². The molecule has 0 fully saturated rings. The number of halogens is 1. The zero-order chi connectivity index (χ0) is 12.8. The monoisotopic (exact) mass is 311 g/mol. The third-order valence-corrected chi connectivity index (χ3v) is 2.88. The van der Waals surface area contributed by atoms with Crippen molar-refractivity contribution in [1.29, 1.82) is 0 Å². The topological polar surface area (TPSA) is 64.9 Å². The van der Waals surface area contributed by atoms with Crippen molar-refractivity contribution in [2.24, 2.45) is 0 Å². The van der Waals surface area contributed by atoms with E-state index in [1.54, 1.807) is 25.8 Å². The summed E-state index contributed by atoms with van der Waals surface area (Å²) < 4.78 is 7.88. The number of methoxy groups -OCH3 is 1. The number of aryl methyl sites for hydroxylation is 1. The largest absolute Gasteiger partial charge is 0.480 e. The lowest BCUT2D eigenvalue weighted by atomic mass is 10.4. The van der Waals surface area contributed by atoms with Gasteiger partial charge in [-0.1, -0.05) is 0 Å². The number of anilines is 1. The Balaban J connectivity index is 1.79. The van der Waals surface area contributed by atoms with Crippen LogP contribution in [0.15, 0.2) is 29.4 Å². The molecule has 7 heteroatoms. The van der Waals surface area contributed by atoms with Crippen LogP contribution < -0.4 is 10.1 Å². The predicted octanol–water partition coefficient (Wildman–Crippen LogP) is 1.95. The molecule has 0 saturated heterocycles. The minimum absolute atomic E-state index is 0.530. The fourth-order valence-electron chi connectivity index (χ4n) is 1.46. The molecule has 0 radical (unpaired) electrons. The summed E-state index contributed by atoms with van der Waals surface area (Å²) in [5.41, 5.74) is 0. The summed E-state index contributed by atoms with van der Waals surface area (Å²) in [6, 6.07) is 0. The van der Waals surface area contributed by atoms with E-state index in [1.165, 1.54) is 0 Å². The maximum Gasteiger partial charge on any atom is 0.232 e. The van der Waals surface area contributed by atoms with E-state index in [1.807, 2.05) is 10.8 Å². The van der Waals surface area contributed by atoms with Crippen LogP contribution in [0.4, 0.5) is 5.95 Å². The van der Waals surface area contributed by atoms with Gasteiger partial charge in [0.05, 0.1) is 24.1 Å². The highest BCUT2D eigenvalue weighted by molar-refractivity contribution is 9.10. The molecule has 0 bridgehead atoms. The lowest BCUT2D eigenvalue weighted by Gasteiger charge is -2.07. The molecule has 2 aromatic heterocycles. The smallest absolute Gasteiger partial charge is 0.232 e. The highest BCUT2D eigenvalue weighted by atomic mass is 79.9. The molecule has 0 spiro atoms. The van der Waals surface area contributed by atoms with Crippen LogP contribution in [0, 0.1) is 0 Å². The number of hydrogen-bond donors (Lipinski definition) is 1. The van der Waals surface area contributed by atoms with Crippen LogP contribution in [-0.4, -0.2) is 33.2 Å². The summed E-state index contributed by atoms with van der Waals surface area (Å²) in [4.78, 5) is 12.4. The molecule has 0 unspecified atom stereocenters. The zero-order valence-corrected chi connectivity index (χ0v) is 11.6. The van der Waals surface area contributed by atoms with E-state index in [4.69, 9.17) is 4.74 Å². The van der Waals surface area contributed by atoms with Crippen molar-refractivity contribution >= 4 is 21.9 Å². The summed E-state index contributed by atoms with van der Waals surface area (Å²) in [6.45, 7) is 1.71. The van der Waals surface area contributed by atoms with E-state index in [0.29, 0.717) is 11.8 Å². The Bertz CT molecular complexity index is 488. The van der Waals surface area contributed by atoms with E-state index in [-0.39, 0.29) is 0 Å². The number of nitrogens with zero attached hydrogens (tertiary/aromatic N) is 4. The van der Waals surface area contributed by atoms with Gasteiger partial charge in [0, 0.05) is 25.5 Å². The van der Waals surface area contributed by atoms with Crippen LogP contribution in [0.3, 0.4) is 0 Å². The summed E-state index contributed by atoms with van der Waals surface area (Å²) in [5, 5.41) is 3.15. The highest BCUT2D eigenvalue weighted by Gasteiger charge is 2.04. The van der Waals surface area contributed by atoms with Gasteiger partial charge in [0.25, 0.3) is 0 Å². The van der Waals surface area contributed by atoms with Crippen molar-refractivity contribution < 1.29 is 4.74 Å². The van der Waals surface area contributed by atoms with Crippen molar-refractivity contribution in [2.45, 2.75) is 13.0 Å². The molecule has 0 aliphatic heterocycles. The van der Waals surface area contributed by atoms with Crippen LogP contribution in [-0.2, 0) is 6.54 Å². The average molecular weight is 312 g/mol. The summed E-state index contributed by atoms with van der Waals surface area (Å²) in [6.07, 6.45) is 8.16. The first-order chi connectivity index (χ1) is 8.79. The third kappa shape index (κ3) is 3.43. The summed E-state index contributed by atoms with van der Waals surface area (Å²) in [7, 11) is 1.58. The van der Waals surface area contributed by atoms with Crippen molar-refractivity contribution in [3.05, 3.63) is 29.4 Å². The van der Waals surface area contributed by atoms with Gasteiger partial charge in [-0.15, -0.1) is 0 Å². The average Bonchev–Trinajstić information content (AvgIpc) is 2.89. The van der Waals surface area contributed by atoms with Gasteiger partial charge in [-0.05, 0) is 22.4 Å². The second kappa shape index (κ2) is 6.34. The normalized spacial score (nSPS) is 10.3. The Kier molecular flexibility index (Phi) is 4.52. The zero-order valence-electron chi connectivity index (χ0n) is 10.0.